The second kappa shape index (κ2) is 10.0. The number of fused-ring (bicyclic) bond motifs is 1. The van der Waals surface area contributed by atoms with Gasteiger partial charge >= 0.3 is 0 Å². The Kier molecular flexibility index (Phi) is 6.80. The number of piperidine rings is 1. The summed E-state index contributed by atoms with van der Waals surface area (Å²) in [6.07, 6.45) is 2.92. The normalized spacial score (nSPS) is 16.8. The third-order valence-electron chi connectivity index (χ3n) is 7.50. The van der Waals surface area contributed by atoms with Crippen molar-refractivity contribution in [1.29, 1.82) is 0 Å². The standard InChI is InChI=1S/C26H32F2N8O/c1-16(37)35-11-8-23-22(15-35)25(32-36(23)18-6-9-33(2)10-7-18)34(3)19-4-5-20(21(12-19)24(27)28)17-13-30-26(29)31-14-17/h4-5,12-14,18,24H,6-11,15H2,1-3H3,(H2,29,30,31). The summed E-state index contributed by atoms with van der Waals surface area (Å²) in [7, 11) is 3.96. The highest BCUT2D eigenvalue weighted by atomic mass is 19.3. The van der Waals surface area contributed by atoms with Crippen molar-refractivity contribution in [2.45, 2.75) is 45.2 Å². The number of hydrogen-bond donors (Lipinski definition) is 1. The molecule has 0 atom stereocenters. The van der Waals surface area contributed by atoms with E-state index in [0.29, 0.717) is 35.7 Å². The molecule has 1 saturated heterocycles. The summed E-state index contributed by atoms with van der Waals surface area (Å²) in [4.78, 5) is 26.1. The fraction of sp³-hybridized carbons (Fsp3) is 0.462. The predicted octanol–water partition coefficient (Wildman–Crippen LogP) is 3.80. The van der Waals surface area contributed by atoms with E-state index in [-0.39, 0.29) is 23.5 Å². The lowest BCUT2D eigenvalue weighted by Gasteiger charge is -2.32. The molecule has 0 bridgehead atoms. The zero-order valence-electron chi connectivity index (χ0n) is 21.4. The quantitative estimate of drug-likeness (QED) is 0.558. The van der Waals surface area contributed by atoms with Gasteiger partial charge in [0.2, 0.25) is 11.9 Å². The number of nitrogens with zero attached hydrogens (tertiary/aromatic N) is 7. The number of likely N-dealkylation sites (tertiary alicyclic amines) is 1. The van der Waals surface area contributed by atoms with Gasteiger partial charge < -0.3 is 20.4 Å². The van der Waals surface area contributed by atoms with Crippen LogP contribution in [0.5, 0.6) is 0 Å². The van der Waals surface area contributed by atoms with Crippen LogP contribution in [0.25, 0.3) is 11.1 Å². The number of halogens is 2. The number of amides is 1. The molecule has 0 aliphatic carbocycles. The minimum Gasteiger partial charge on any atom is -0.368 e. The maximum atomic E-state index is 14.2. The Morgan fingerprint density at radius 2 is 1.86 bits per heavy atom. The number of carbonyl (C=O) groups is 1. The largest absolute Gasteiger partial charge is 0.368 e. The summed E-state index contributed by atoms with van der Waals surface area (Å²) in [5.74, 6) is 0.799. The van der Waals surface area contributed by atoms with Gasteiger partial charge in [0, 0.05) is 67.4 Å². The first kappa shape index (κ1) is 25.1. The third kappa shape index (κ3) is 4.87. The molecule has 4 heterocycles. The van der Waals surface area contributed by atoms with Gasteiger partial charge in [0.25, 0.3) is 6.43 Å². The smallest absolute Gasteiger partial charge is 0.264 e. The Balaban J connectivity index is 1.54. The van der Waals surface area contributed by atoms with Crippen molar-refractivity contribution in [1.82, 2.24) is 29.5 Å². The van der Waals surface area contributed by atoms with E-state index < -0.39 is 6.43 Å². The van der Waals surface area contributed by atoms with E-state index in [1.54, 1.807) is 19.1 Å². The summed E-state index contributed by atoms with van der Waals surface area (Å²) in [6, 6.07) is 5.22. The van der Waals surface area contributed by atoms with Crippen LogP contribution in [0.2, 0.25) is 0 Å². The maximum Gasteiger partial charge on any atom is 0.264 e. The summed E-state index contributed by atoms with van der Waals surface area (Å²) < 4.78 is 30.5. The topological polar surface area (TPSA) is 96.4 Å². The molecular formula is C26H32F2N8O. The lowest BCUT2D eigenvalue weighted by Crippen LogP contribution is -2.36. The van der Waals surface area contributed by atoms with Crippen LogP contribution in [0.4, 0.5) is 26.2 Å². The second-order valence-electron chi connectivity index (χ2n) is 9.88. The molecule has 3 aromatic rings. The first-order valence-electron chi connectivity index (χ1n) is 12.5. The Morgan fingerprint density at radius 3 is 2.51 bits per heavy atom. The molecule has 37 heavy (non-hydrogen) atoms. The van der Waals surface area contributed by atoms with E-state index >= 15 is 0 Å². The molecule has 2 aliphatic rings. The number of carbonyl (C=O) groups excluding carboxylic acids is 1. The van der Waals surface area contributed by atoms with Crippen molar-refractivity contribution in [3.05, 3.63) is 47.4 Å². The fourth-order valence-electron chi connectivity index (χ4n) is 5.31. The first-order chi connectivity index (χ1) is 17.7. The minimum atomic E-state index is -2.69. The van der Waals surface area contributed by atoms with Gasteiger partial charge in [-0.05, 0) is 50.7 Å². The highest BCUT2D eigenvalue weighted by Crippen LogP contribution is 2.39. The van der Waals surface area contributed by atoms with Crippen LogP contribution < -0.4 is 10.6 Å². The van der Waals surface area contributed by atoms with Crippen molar-refractivity contribution >= 4 is 23.4 Å². The molecule has 1 fully saturated rings. The van der Waals surface area contributed by atoms with Crippen LogP contribution in [0, 0.1) is 0 Å². The number of nitrogens with two attached hydrogens (primary N) is 1. The molecule has 0 radical (unpaired) electrons. The molecule has 9 nitrogen and oxygen atoms in total. The maximum absolute atomic E-state index is 14.2. The van der Waals surface area contributed by atoms with Crippen LogP contribution in [0.1, 0.15) is 49.1 Å². The molecule has 5 rings (SSSR count). The molecule has 2 N–H and O–H groups in total. The molecule has 0 spiro atoms. The highest BCUT2D eigenvalue weighted by molar-refractivity contribution is 5.75. The highest BCUT2D eigenvalue weighted by Gasteiger charge is 2.32. The van der Waals surface area contributed by atoms with Gasteiger partial charge in [-0.15, -0.1) is 0 Å². The number of benzene rings is 1. The minimum absolute atomic E-state index is 0.0151. The first-order valence-corrected chi connectivity index (χ1v) is 12.5. The summed E-state index contributed by atoms with van der Waals surface area (Å²) >= 11 is 0. The van der Waals surface area contributed by atoms with Crippen LogP contribution in [-0.2, 0) is 17.8 Å². The zero-order chi connectivity index (χ0) is 26.3. The lowest BCUT2D eigenvalue weighted by atomic mass is 10.0. The molecule has 0 unspecified atom stereocenters. The second-order valence-corrected chi connectivity index (χ2v) is 9.88. The number of hydrogen-bond acceptors (Lipinski definition) is 7. The molecule has 1 amide bonds. The molecule has 1 aromatic carbocycles. The van der Waals surface area contributed by atoms with Crippen molar-refractivity contribution in [2.75, 3.05) is 44.4 Å². The monoisotopic (exact) mass is 510 g/mol. The summed E-state index contributed by atoms with van der Waals surface area (Å²) in [6.45, 7) is 4.68. The third-order valence-corrected chi connectivity index (χ3v) is 7.50. The average molecular weight is 511 g/mol. The van der Waals surface area contributed by atoms with Gasteiger partial charge in [-0.2, -0.15) is 5.10 Å². The zero-order valence-corrected chi connectivity index (χ0v) is 21.4. The summed E-state index contributed by atoms with van der Waals surface area (Å²) in [5, 5.41) is 5.04. The molecule has 2 aliphatic heterocycles. The molecule has 196 valence electrons. The van der Waals surface area contributed by atoms with Crippen molar-refractivity contribution in [2.24, 2.45) is 0 Å². The molecule has 2 aromatic heterocycles. The summed E-state index contributed by atoms with van der Waals surface area (Å²) in [5.41, 5.74) is 8.98. The lowest BCUT2D eigenvalue weighted by molar-refractivity contribution is -0.129. The van der Waals surface area contributed by atoms with Crippen LogP contribution in [0.3, 0.4) is 0 Å². The van der Waals surface area contributed by atoms with Gasteiger partial charge in [0.05, 0.1) is 12.6 Å². The van der Waals surface area contributed by atoms with Crippen LogP contribution >= 0.6 is 0 Å². The predicted molar refractivity (Wildman–Crippen MR) is 138 cm³/mol. The van der Waals surface area contributed by atoms with E-state index in [0.717, 1.165) is 43.6 Å². The SMILES string of the molecule is CC(=O)N1CCc2c(c(N(C)c3ccc(-c4cnc(N)nc4)c(C(F)F)c3)nn2C2CCN(C)CC2)C1. The fourth-order valence-corrected chi connectivity index (χ4v) is 5.31. The number of nitrogen functional groups attached to an aromatic ring is 1. The number of aromatic nitrogens is 4. The van der Waals surface area contributed by atoms with Gasteiger partial charge in [-0.3, -0.25) is 9.48 Å². The van der Waals surface area contributed by atoms with Crippen molar-refractivity contribution in [3.8, 4) is 11.1 Å². The van der Waals surface area contributed by atoms with Gasteiger partial charge in [0.1, 0.15) is 0 Å². The Labute approximate surface area is 214 Å². The average Bonchev–Trinajstić information content (AvgIpc) is 3.27. The van der Waals surface area contributed by atoms with Crippen molar-refractivity contribution in [3.63, 3.8) is 0 Å². The van der Waals surface area contributed by atoms with Crippen LogP contribution in [-0.4, -0.2) is 69.2 Å². The van der Waals surface area contributed by atoms with Gasteiger partial charge in [-0.1, -0.05) is 6.07 Å². The molecule has 0 saturated carbocycles. The molecule has 11 heteroatoms. The van der Waals surface area contributed by atoms with Crippen LogP contribution in [0.15, 0.2) is 30.6 Å². The van der Waals surface area contributed by atoms with Gasteiger partial charge in [-0.25, -0.2) is 18.7 Å². The Hall–Kier alpha value is -3.60. The van der Waals surface area contributed by atoms with E-state index in [1.165, 1.54) is 18.5 Å². The van der Waals surface area contributed by atoms with E-state index in [2.05, 4.69) is 26.6 Å². The van der Waals surface area contributed by atoms with E-state index in [1.807, 2.05) is 16.8 Å². The Bertz CT molecular complexity index is 1280. The Morgan fingerprint density at radius 1 is 1.16 bits per heavy atom. The van der Waals surface area contributed by atoms with E-state index in [4.69, 9.17) is 10.8 Å². The van der Waals surface area contributed by atoms with E-state index in [9.17, 15) is 13.6 Å². The number of alkyl halides is 2. The number of anilines is 3. The number of rotatable bonds is 5. The van der Waals surface area contributed by atoms with Crippen molar-refractivity contribution < 1.29 is 13.6 Å². The van der Waals surface area contributed by atoms with Gasteiger partial charge in [0.15, 0.2) is 5.82 Å². The molecular weight excluding hydrogens is 478 g/mol.